The number of aromatic nitrogens is 1. The number of ether oxygens (including phenoxy) is 1. The second-order valence-electron chi connectivity index (χ2n) is 12.9. The SMILES string of the molecule is CC(C)(C)OC(=O)N1CC[C@H](Nc2c(C(=O)O)c(Cl)nc3c(F)c(Br)c(Cl)cc23)C[C@H]1CCO[Si](C)(C)C(C)(C)C. The summed E-state index contributed by atoms with van der Waals surface area (Å²) in [7, 11) is -2.02. The average molecular weight is 696 g/mol. The van der Waals surface area contributed by atoms with Crippen LogP contribution in [0.15, 0.2) is 10.5 Å². The summed E-state index contributed by atoms with van der Waals surface area (Å²) in [5.74, 6) is -2.05. The van der Waals surface area contributed by atoms with Crippen LogP contribution in [0.2, 0.25) is 28.3 Å². The highest BCUT2D eigenvalue weighted by Crippen LogP contribution is 2.40. The number of rotatable bonds is 7. The van der Waals surface area contributed by atoms with E-state index < -0.39 is 31.8 Å². The van der Waals surface area contributed by atoms with Gasteiger partial charge in [-0.3, -0.25) is 0 Å². The fourth-order valence-corrected chi connectivity index (χ4v) is 6.33. The number of amides is 1. The summed E-state index contributed by atoms with van der Waals surface area (Å²) in [5.41, 5.74) is -0.906. The van der Waals surface area contributed by atoms with Crippen molar-refractivity contribution < 1.29 is 28.2 Å². The zero-order chi connectivity index (χ0) is 31.1. The number of nitrogens with zero attached hydrogens (tertiary/aromatic N) is 2. The van der Waals surface area contributed by atoms with Crippen LogP contribution in [0.3, 0.4) is 0 Å². The molecule has 0 radical (unpaired) electrons. The van der Waals surface area contributed by atoms with Crippen molar-refractivity contribution in [2.24, 2.45) is 0 Å². The number of fused-ring (bicyclic) bond motifs is 1. The summed E-state index contributed by atoms with van der Waals surface area (Å²) in [6.45, 7) is 17.2. The van der Waals surface area contributed by atoms with Crippen LogP contribution in [-0.2, 0) is 9.16 Å². The van der Waals surface area contributed by atoms with Crippen LogP contribution >= 0.6 is 39.1 Å². The highest BCUT2D eigenvalue weighted by molar-refractivity contribution is 9.10. The molecule has 41 heavy (non-hydrogen) atoms. The van der Waals surface area contributed by atoms with Gasteiger partial charge in [0.05, 0.1) is 15.2 Å². The molecule has 1 fully saturated rings. The maximum Gasteiger partial charge on any atom is 0.410 e. The van der Waals surface area contributed by atoms with Crippen LogP contribution in [0.25, 0.3) is 10.9 Å². The molecule has 1 aromatic carbocycles. The molecule has 8 nitrogen and oxygen atoms in total. The van der Waals surface area contributed by atoms with Gasteiger partial charge >= 0.3 is 12.1 Å². The van der Waals surface area contributed by atoms with Crippen molar-refractivity contribution in [1.29, 1.82) is 0 Å². The van der Waals surface area contributed by atoms with Gasteiger partial charge in [0.1, 0.15) is 21.8 Å². The van der Waals surface area contributed by atoms with Crippen molar-refractivity contribution in [3.63, 3.8) is 0 Å². The molecule has 0 saturated carbocycles. The first-order valence-electron chi connectivity index (χ1n) is 13.5. The Morgan fingerprint density at radius 1 is 1.24 bits per heavy atom. The van der Waals surface area contributed by atoms with Gasteiger partial charge in [-0.15, -0.1) is 0 Å². The number of carbonyl (C=O) groups excluding carboxylic acids is 1. The number of hydrogen-bond acceptors (Lipinski definition) is 6. The number of carbonyl (C=O) groups is 2. The molecule has 1 amide bonds. The first-order chi connectivity index (χ1) is 18.7. The third-order valence-corrected chi connectivity index (χ3v) is 13.8. The lowest BCUT2D eigenvalue weighted by Crippen LogP contribution is -2.51. The highest BCUT2D eigenvalue weighted by atomic mass is 79.9. The van der Waals surface area contributed by atoms with Gasteiger partial charge in [0.15, 0.2) is 14.1 Å². The molecule has 2 atom stereocenters. The zero-order valence-electron chi connectivity index (χ0n) is 24.8. The molecule has 1 aromatic heterocycles. The van der Waals surface area contributed by atoms with E-state index >= 15 is 4.39 Å². The molecule has 2 aromatic rings. The van der Waals surface area contributed by atoms with E-state index in [4.69, 9.17) is 32.4 Å². The Morgan fingerprint density at radius 3 is 2.44 bits per heavy atom. The number of nitrogens with one attached hydrogen (secondary N) is 1. The second-order valence-corrected chi connectivity index (χ2v) is 19.3. The van der Waals surface area contributed by atoms with Crippen molar-refractivity contribution in [3.05, 3.63) is 32.1 Å². The minimum Gasteiger partial charge on any atom is -0.478 e. The maximum atomic E-state index is 15.1. The van der Waals surface area contributed by atoms with Crippen LogP contribution in [0.4, 0.5) is 14.9 Å². The lowest BCUT2D eigenvalue weighted by atomic mass is 9.94. The van der Waals surface area contributed by atoms with Crippen molar-refractivity contribution in [2.45, 2.75) is 96.6 Å². The monoisotopic (exact) mass is 693 g/mol. The van der Waals surface area contributed by atoms with E-state index in [9.17, 15) is 14.7 Å². The third kappa shape index (κ3) is 7.84. The zero-order valence-corrected chi connectivity index (χ0v) is 28.9. The molecule has 0 spiro atoms. The van der Waals surface area contributed by atoms with Gasteiger partial charge in [-0.25, -0.2) is 19.0 Å². The van der Waals surface area contributed by atoms with Gasteiger partial charge in [-0.05, 0) is 80.2 Å². The Morgan fingerprint density at radius 2 is 1.88 bits per heavy atom. The van der Waals surface area contributed by atoms with Gasteiger partial charge in [0.25, 0.3) is 0 Å². The van der Waals surface area contributed by atoms with Crippen molar-refractivity contribution in [1.82, 2.24) is 9.88 Å². The molecule has 0 unspecified atom stereocenters. The number of pyridine rings is 1. The number of piperidine rings is 1. The summed E-state index contributed by atoms with van der Waals surface area (Å²) in [6, 6.07) is 0.951. The maximum absolute atomic E-state index is 15.1. The number of halogens is 4. The molecule has 0 bridgehead atoms. The van der Waals surface area contributed by atoms with Crippen molar-refractivity contribution in [3.8, 4) is 0 Å². The number of anilines is 1. The molecule has 2 N–H and O–H groups in total. The fraction of sp³-hybridized carbons (Fsp3) is 0.607. The van der Waals surface area contributed by atoms with Crippen LogP contribution in [0.5, 0.6) is 0 Å². The Labute approximate surface area is 260 Å². The van der Waals surface area contributed by atoms with Gasteiger partial charge in [-0.1, -0.05) is 44.0 Å². The smallest absolute Gasteiger partial charge is 0.410 e. The summed E-state index contributed by atoms with van der Waals surface area (Å²) in [6.07, 6.45) is 1.14. The molecule has 1 saturated heterocycles. The molecular formula is C28H39BrCl2FN3O5Si. The molecule has 228 valence electrons. The lowest BCUT2D eigenvalue weighted by Gasteiger charge is -2.42. The molecule has 1 aliphatic heterocycles. The summed E-state index contributed by atoms with van der Waals surface area (Å²) in [4.78, 5) is 31.1. The van der Waals surface area contributed by atoms with E-state index in [0.29, 0.717) is 32.4 Å². The molecular weight excluding hydrogens is 656 g/mol. The number of carboxylic acid groups (broad SMARTS) is 1. The van der Waals surface area contributed by atoms with Crippen LogP contribution in [0, 0.1) is 5.82 Å². The van der Waals surface area contributed by atoms with E-state index in [1.165, 1.54) is 6.07 Å². The number of aromatic carboxylic acids is 1. The molecule has 13 heteroatoms. The van der Waals surface area contributed by atoms with Gasteiger partial charge in [0, 0.05) is 30.6 Å². The van der Waals surface area contributed by atoms with Crippen LogP contribution in [0.1, 0.15) is 71.2 Å². The lowest BCUT2D eigenvalue weighted by molar-refractivity contribution is 0.00624. The van der Waals surface area contributed by atoms with Gasteiger partial charge in [0.2, 0.25) is 0 Å². The molecule has 2 heterocycles. The summed E-state index contributed by atoms with van der Waals surface area (Å²) in [5, 5.41) is 13.2. The quantitative estimate of drug-likeness (QED) is 0.170. The van der Waals surface area contributed by atoms with Gasteiger partial charge < -0.3 is 24.5 Å². The van der Waals surface area contributed by atoms with E-state index in [0.717, 1.165) is 0 Å². The molecule has 1 aliphatic rings. The topological polar surface area (TPSA) is 101 Å². The minimum atomic E-state index is -2.02. The Balaban J connectivity index is 1.95. The Hall–Kier alpha value is -1.66. The Bertz CT molecular complexity index is 1330. The van der Waals surface area contributed by atoms with E-state index in [1.807, 2.05) is 20.8 Å². The molecule has 0 aliphatic carbocycles. The number of likely N-dealkylation sites (tertiary alicyclic amines) is 1. The third-order valence-electron chi connectivity index (χ3n) is 7.70. The van der Waals surface area contributed by atoms with E-state index in [2.05, 4.69) is 60.1 Å². The first kappa shape index (κ1) is 33.8. The van der Waals surface area contributed by atoms with Crippen LogP contribution < -0.4 is 5.32 Å². The largest absolute Gasteiger partial charge is 0.478 e. The average Bonchev–Trinajstić information content (AvgIpc) is 2.81. The fourth-order valence-electron chi connectivity index (χ4n) is 4.51. The van der Waals surface area contributed by atoms with E-state index in [1.54, 1.807) is 4.90 Å². The minimum absolute atomic E-state index is 0.0109. The van der Waals surface area contributed by atoms with Crippen molar-refractivity contribution in [2.75, 3.05) is 18.5 Å². The second kappa shape index (κ2) is 12.5. The standard InChI is InChI=1S/C28H39BrCl2FN3O5Si/c1-27(2,3)40-26(38)35-11-9-15(13-16(35)10-12-39-41(7,8)28(4,5)6)33-22-17-14-18(30)20(29)21(32)23(17)34-24(31)19(22)25(36)37/h14-16H,9-13H2,1-8H3,(H,33,34)(H,36,37)/t15-,16+/m0/s1. The Kier molecular flexibility index (Phi) is 10.3. The first-order valence-corrected chi connectivity index (χ1v) is 18.0. The molecule has 3 rings (SSSR count). The predicted molar refractivity (Wildman–Crippen MR) is 168 cm³/mol. The van der Waals surface area contributed by atoms with Crippen molar-refractivity contribution >= 4 is 76.1 Å². The highest BCUT2D eigenvalue weighted by Gasteiger charge is 2.39. The summed E-state index contributed by atoms with van der Waals surface area (Å²) < 4.78 is 27.2. The van der Waals surface area contributed by atoms with Gasteiger partial charge in [-0.2, -0.15) is 0 Å². The van der Waals surface area contributed by atoms with E-state index in [-0.39, 0.29) is 53.9 Å². The summed E-state index contributed by atoms with van der Waals surface area (Å²) >= 11 is 15.6. The number of hydrogen-bond donors (Lipinski definition) is 2. The van der Waals surface area contributed by atoms with Crippen LogP contribution in [-0.4, -0.2) is 66.2 Å². The predicted octanol–water partition coefficient (Wildman–Crippen LogP) is 8.73. The number of benzene rings is 1. The number of carboxylic acids is 1. The normalized spacial score (nSPS) is 18.5.